The van der Waals surface area contributed by atoms with Crippen LogP contribution in [0.4, 0.5) is 17.6 Å². The van der Waals surface area contributed by atoms with Crippen molar-refractivity contribution in [1.82, 2.24) is 4.57 Å². The van der Waals surface area contributed by atoms with Gasteiger partial charge in [-0.3, -0.25) is 4.79 Å². The Bertz CT molecular complexity index is 650. The second-order valence-corrected chi connectivity index (χ2v) is 4.10. The topological polar surface area (TPSA) is 22.0 Å². The van der Waals surface area contributed by atoms with Crippen molar-refractivity contribution in [3.8, 4) is 5.69 Å². The molecule has 19 heavy (non-hydrogen) atoms. The molecule has 100 valence electrons. The minimum atomic E-state index is -1.50. The molecule has 0 fully saturated rings. The van der Waals surface area contributed by atoms with Crippen LogP contribution in [0.2, 0.25) is 0 Å². The summed E-state index contributed by atoms with van der Waals surface area (Å²) in [6.45, 7) is 2.90. The molecule has 0 saturated carbocycles. The van der Waals surface area contributed by atoms with Crippen LogP contribution < -0.4 is 0 Å². The van der Waals surface area contributed by atoms with Crippen LogP contribution in [0.3, 0.4) is 0 Å². The molecule has 0 N–H and O–H groups in total. The molecule has 2 rings (SSSR count). The molecular weight excluding hydrogens is 262 g/mol. The predicted octanol–water partition coefficient (Wildman–Crippen LogP) is 3.46. The lowest BCUT2D eigenvalue weighted by Crippen LogP contribution is -2.09. The van der Waals surface area contributed by atoms with Crippen LogP contribution in [0.15, 0.2) is 12.1 Å². The Morgan fingerprint density at radius 3 is 1.95 bits per heavy atom. The van der Waals surface area contributed by atoms with Gasteiger partial charge in [0.1, 0.15) is 5.69 Å². The van der Waals surface area contributed by atoms with Gasteiger partial charge in [0.25, 0.3) is 0 Å². The van der Waals surface area contributed by atoms with Crippen LogP contribution in [0.5, 0.6) is 0 Å². The van der Waals surface area contributed by atoms with Gasteiger partial charge in [0, 0.05) is 23.0 Å². The molecule has 1 aromatic carbocycles. The van der Waals surface area contributed by atoms with E-state index in [2.05, 4.69) is 0 Å². The summed E-state index contributed by atoms with van der Waals surface area (Å²) in [5, 5.41) is 0. The third-order valence-corrected chi connectivity index (χ3v) is 2.91. The van der Waals surface area contributed by atoms with Crippen LogP contribution in [0, 0.1) is 37.1 Å². The number of hydrogen-bond donors (Lipinski definition) is 0. The monoisotopic (exact) mass is 271 g/mol. The summed E-state index contributed by atoms with van der Waals surface area (Å²) in [7, 11) is 0. The summed E-state index contributed by atoms with van der Waals surface area (Å²) in [5.74, 6) is -5.99. The standard InChI is InChI=1S/C13H9F4NO/c1-6-3-8(5-19)7(2)18(6)13-11(16)9(14)4-10(15)12(13)17/h3-5H,1-2H3. The molecule has 0 atom stereocenters. The molecule has 0 aliphatic rings. The van der Waals surface area contributed by atoms with Crippen molar-refractivity contribution in [2.75, 3.05) is 0 Å². The highest BCUT2D eigenvalue weighted by Gasteiger charge is 2.23. The second-order valence-electron chi connectivity index (χ2n) is 4.10. The number of carbonyl (C=O) groups is 1. The fraction of sp³-hybridized carbons (Fsp3) is 0.154. The third-order valence-electron chi connectivity index (χ3n) is 2.91. The first-order valence-corrected chi connectivity index (χ1v) is 5.36. The highest BCUT2D eigenvalue weighted by Crippen LogP contribution is 2.27. The van der Waals surface area contributed by atoms with E-state index in [1.807, 2.05) is 0 Å². The quantitative estimate of drug-likeness (QED) is 0.466. The van der Waals surface area contributed by atoms with Crippen molar-refractivity contribution in [2.45, 2.75) is 13.8 Å². The van der Waals surface area contributed by atoms with Gasteiger partial charge in [-0.2, -0.15) is 0 Å². The largest absolute Gasteiger partial charge is 0.312 e. The van der Waals surface area contributed by atoms with Crippen molar-refractivity contribution in [2.24, 2.45) is 0 Å². The van der Waals surface area contributed by atoms with Gasteiger partial charge >= 0.3 is 0 Å². The summed E-state index contributed by atoms with van der Waals surface area (Å²) in [6.07, 6.45) is 0.504. The number of aromatic nitrogens is 1. The van der Waals surface area contributed by atoms with E-state index in [-0.39, 0.29) is 17.3 Å². The lowest BCUT2D eigenvalue weighted by Gasteiger charge is -2.12. The first-order chi connectivity index (χ1) is 8.88. The molecule has 2 nitrogen and oxygen atoms in total. The fourth-order valence-electron chi connectivity index (χ4n) is 2.01. The highest BCUT2D eigenvalue weighted by molar-refractivity contribution is 5.77. The van der Waals surface area contributed by atoms with Gasteiger partial charge in [-0.05, 0) is 19.9 Å². The molecule has 0 aliphatic heterocycles. The predicted molar refractivity (Wildman–Crippen MR) is 60.5 cm³/mol. The second kappa shape index (κ2) is 4.53. The van der Waals surface area contributed by atoms with Gasteiger partial charge in [-0.1, -0.05) is 0 Å². The molecule has 0 radical (unpaired) electrons. The van der Waals surface area contributed by atoms with Crippen molar-refractivity contribution in [3.63, 3.8) is 0 Å². The first kappa shape index (κ1) is 13.3. The maximum absolute atomic E-state index is 13.7. The molecule has 0 bridgehead atoms. The molecule has 0 spiro atoms. The molecule has 1 aromatic heterocycles. The van der Waals surface area contributed by atoms with E-state index in [0.29, 0.717) is 12.0 Å². The molecule has 0 unspecified atom stereocenters. The Morgan fingerprint density at radius 1 is 1.00 bits per heavy atom. The number of rotatable bonds is 2. The Labute approximate surface area is 106 Å². The normalized spacial score (nSPS) is 10.8. The number of aldehydes is 1. The van der Waals surface area contributed by atoms with Crippen molar-refractivity contribution >= 4 is 6.29 Å². The van der Waals surface area contributed by atoms with E-state index in [1.54, 1.807) is 0 Å². The minimum absolute atomic E-state index is 0.142. The minimum Gasteiger partial charge on any atom is -0.312 e. The van der Waals surface area contributed by atoms with Crippen LogP contribution in [0.1, 0.15) is 21.7 Å². The number of hydrogen-bond acceptors (Lipinski definition) is 1. The SMILES string of the molecule is Cc1cc(C=O)c(C)n1-c1c(F)c(F)cc(F)c1F. The average molecular weight is 271 g/mol. The molecule has 2 aromatic rings. The average Bonchev–Trinajstić information content (AvgIpc) is 2.64. The zero-order valence-electron chi connectivity index (χ0n) is 10.1. The van der Waals surface area contributed by atoms with Crippen molar-refractivity contribution < 1.29 is 22.4 Å². The van der Waals surface area contributed by atoms with Gasteiger partial charge in [-0.25, -0.2) is 17.6 Å². The van der Waals surface area contributed by atoms with Crippen molar-refractivity contribution in [3.05, 3.63) is 52.4 Å². The summed E-state index contributed by atoms with van der Waals surface area (Å²) in [5.41, 5.74) is -0.167. The lowest BCUT2D eigenvalue weighted by atomic mass is 10.2. The number of aryl methyl sites for hydroxylation is 1. The van der Waals surface area contributed by atoms with Crippen molar-refractivity contribution in [1.29, 1.82) is 0 Å². The number of nitrogens with zero attached hydrogens (tertiary/aromatic N) is 1. The van der Waals surface area contributed by atoms with Gasteiger partial charge in [0.2, 0.25) is 0 Å². The van der Waals surface area contributed by atoms with Gasteiger partial charge < -0.3 is 4.57 Å². The van der Waals surface area contributed by atoms with Gasteiger partial charge in [0.15, 0.2) is 29.6 Å². The van der Waals surface area contributed by atoms with E-state index in [1.165, 1.54) is 19.9 Å². The molecule has 0 saturated heterocycles. The molecule has 0 aliphatic carbocycles. The molecule has 0 amide bonds. The van der Waals surface area contributed by atoms with Crippen LogP contribution in [0.25, 0.3) is 5.69 Å². The summed E-state index contributed by atoms with van der Waals surface area (Å²) >= 11 is 0. The van der Waals surface area contributed by atoms with E-state index in [4.69, 9.17) is 0 Å². The smallest absolute Gasteiger partial charge is 0.186 e. The zero-order chi connectivity index (χ0) is 14.3. The maximum atomic E-state index is 13.7. The summed E-state index contributed by atoms with van der Waals surface area (Å²) in [4.78, 5) is 10.8. The van der Waals surface area contributed by atoms with E-state index < -0.39 is 29.0 Å². The van der Waals surface area contributed by atoms with Crippen LogP contribution in [-0.2, 0) is 0 Å². The maximum Gasteiger partial charge on any atom is 0.186 e. The summed E-state index contributed by atoms with van der Waals surface area (Å²) in [6, 6.07) is 1.52. The molecular formula is C13H9F4NO. The fourth-order valence-corrected chi connectivity index (χ4v) is 2.01. The molecule has 6 heteroatoms. The van der Waals surface area contributed by atoms with E-state index >= 15 is 0 Å². The zero-order valence-corrected chi connectivity index (χ0v) is 10.1. The van der Waals surface area contributed by atoms with E-state index in [9.17, 15) is 22.4 Å². The Morgan fingerprint density at radius 2 is 1.53 bits per heavy atom. The number of benzene rings is 1. The Hall–Kier alpha value is -2.11. The van der Waals surface area contributed by atoms with Gasteiger partial charge in [-0.15, -0.1) is 0 Å². The highest BCUT2D eigenvalue weighted by atomic mass is 19.2. The number of carbonyl (C=O) groups excluding carboxylic acids is 1. The van der Waals surface area contributed by atoms with E-state index in [0.717, 1.165) is 4.57 Å². The van der Waals surface area contributed by atoms with Gasteiger partial charge in [0.05, 0.1) is 0 Å². The Balaban J connectivity index is 2.87. The van der Waals surface area contributed by atoms with Crippen LogP contribution in [-0.4, -0.2) is 10.9 Å². The molecule has 1 heterocycles. The number of halogens is 4. The Kier molecular flexibility index (Phi) is 3.18. The van der Waals surface area contributed by atoms with Crippen LogP contribution >= 0.6 is 0 Å². The third kappa shape index (κ3) is 1.93. The lowest BCUT2D eigenvalue weighted by molar-refractivity contribution is 0.112. The first-order valence-electron chi connectivity index (χ1n) is 5.36. The summed E-state index contributed by atoms with van der Waals surface area (Å²) < 4.78 is 54.8.